The Labute approximate surface area is 166 Å². The van der Waals surface area contributed by atoms with Crippen molar-refractivity contribution in [3.63, 3.8) is 0 Å². The van der Waals surface area contributed by atoms with E-state index in [4.69, 9.17) is 0 Å². The van der Waals surface area contributed by atoms with Crippen molar-refractivity contribution in [2.75, 3.05) is 42.3 Å². The average Bonchev–Trinajstić information content (AvgIpc) is 2.84. The number of hydrogen-bond donors (Lipinski definition) is 0. The van der Waals surface area contributed by atoms with Crippen molar-refractivity contribution in [3.05, 3.63) is 46.3 Å². The zero-order valence-corrected chi connectivity index (χ0v) is 20.6. The molecule has 0 atom stereocenters. The molecule has 0 amide bonds. The first-order valence-corrected chi connectivity index (χ1v) is 8.48. The largest absolute Gasteiger partial charge is 4.00 e. The summed E-state index contributed by atoms with van der Waals surface area (Å²) in [5.74, 6) is 0. The third kappa shape index (κ3) is 79.5. The minimum Gasteiger partial charge on any atom is -0.214 e. The Morgan fingerprint density at radius 3 is 0.917 bits per heavy atom. The Morgan fingerprint density at radius 1 is 0.667 bits per heavy atom. The molecule has 0 aliphatic heterocycles. The molecular weight excluding hydrogens is 563 g/mol. The normalized spacial score (nSPS) is 9.17. The van der Waals surface area contributed by atoms with Crippen molar-refractivity contribution >= 4 is 15.4 Å². The molecule has 11 heteroatoms. The molecule has 0 aromatic heterocycles. The smallest absolute Gasteiger partial charge is 0.214 e. The first-order chi connectivity index (χ1) is 10.4. The molecule has 0 saturated carbocycles. The van der Waals surface area contributed by atoms with Gasteiger partial charge in [0.1, 0.15) is 0 Å². The maximum atomic E-state index is 10.9. The first kappa shape index (κ1) is 35.4. The number of alkyl halides is 6. The zero-order chi connectivity index (χ0) is 19.4. The van der Waals surface area contributed by atoms with Crippen LogP contribution in [0.5, 0.6) is 0 Å². The second-order valence-corrected chi connectivity index (χ2v) is 6.88. The number of rotatable bonds is 0. The topological polar surface area (TPSA) is 42.3 Å². The number of nitrogens with zero attached hydrogens (tertiary/aromatic N) is 3. The molecule has 1 aromatic carbocycles. The van der Waals surface area contributed by atoms with Gasteiger partial charge in [0.05, 0.1) is 0 Å². The fourth-order valence-electron chi connectivity index (χ4n) is 0.506. The Hall–Kier alpha value is 0.223. The van der Waals surface area contributed by atoms with E-state index in [-0.39, 0.29) is 25.8 Å². The first-order valence-electron chi connectivity index (χ1n) is 6.06. The standard InChI is InChI=1S/C5H5.C2HF6Ge.3C2H6N.Hf/c1-2-4-5-3-1;3-1(4,5)9-2(6,7)8;3*1-3-2;/h1-5H;9H;3*1-2H3;/q-1;;3*-1;+4. The molecule has 3 nitrogen and oxygen atoms in total. The molecule has 0 fully saturated rings. The second-order valence-electron chi connectivity index (χ2n) is 3.53. The van der Waals surface area contributed by atoms with E-state index in [0.29, 0.717) is 0 Å². The van der Waals surface area contributed by atoms with Crippen LogP contribution in [0.3, 0.4) is 0 Å². The summed E-state index contributed by atoms with van der Waals surface area (Å²) in [6.07, 6.45) is 0. The van der Waals surface area contributed by atoms with Gasteiger partial charge in [0, 0.05) is 0 Å². The van der Waals surface area contributed by atoms with Gasteiger partial charge in [-0.3, -0.25) is 0 Å². The monoisotopic (exact) mass is 590 g/mol. The van der Waals surface area contributed by atoms with Gasteiger partial charge >= 0.3 is 77.6 Å². The summed E-state index contributed by atoms with van der Waals surface area (Å²) in [6, 6.07) is 10.0. The van der Waals surface area contributed by atoms with Crippen LogP contribution in [0.25, 0.3) is 16.0 Å². The van der Waals surface area contributed by atoms with Crippen LogP contribution < -0.4 is 0 Å². The van der Waals surface area contributed by atoms with Crippen LogP contribution in [-0.2, 0) is 25.8 Å². The predicted molar refractivity (Wildman–Crippen MR) is 86.9 cm³/mol. The molecule has 1 radical (unpaired) electrons. The van der Waals surface area contributed by atoms with Gasteiger partial charge in [-0.2, -0.15) is 60.5 Å². The average molecular weight is 587 g/mol. The quantitative estimate of drug-likeness (QED) is 0.240. The van der Waals surface area contributed by atoms with E-state index in [1.54, 1.807) is 42.3 Å². The van der Waals surface area contributed by atoms with Gasteiger partial charge in [-0.1, -0.05) is 0 Å². The second kappa shape index (κ2) is 25.5. The maximum absolute atomic E-state index is 10.9. The molecule has 1 aromatic rings. The van der Waals surface area contributed by atoms with Crippen molar-refractivity contribution in [2.45, 2.75) is 10.0 Å². The van der Waals surface area contributed by atoms with E-state index in [1.165, 1.54) is 0 Å². The van der Waals surface area contributed by atoms with Gasteiger partial charge in [0.25, 0.3) is 0 Å². The van der Waals surface area contributed by atoms with E-state index in [9.17, 15) is 26.3 Å². The van der Waals surface area contributed by atoms with Crippen LogP contribution in [0.1, 0.15) is 0 Å². The van der Waals surface area contributed by atoms with Crippen LogP contribution in [-0.4, -0.2) is 67.7 Å². The Morgan fingerprint density at radius 2 is 0.875 bits per heavy atom. The van der Waals surface area contributed by atoms with E-state index < -0.39 is 25.4 Å². The SMILES string of the molecule is C[N-]C.C[N-]C.C[N-]C.F[C](F)(F)[GeH][C](F)(F)F.[Hf+4].c1cc[cH-]c1. The molecule has 0 N–H and O–H groups in total. The Kier molecular flexibility index (Phi) is 37.5. The minimum absolute atomic E-state index is 0. The summed E-state index contributed by atoms with van der Waals surface area (Å²) in [6.45, 7) is 0. The van der Waals surface area contributed by atoms with Crippen LogP contribution >= 0.6 is 0 Å². The molecular formula is C13H24F6GeHfN3. The van der Waals surface area contributed by atoms with Gasteiger partial charge in [0.15, 0.2) is 0 Å². The van der Waals surface area contributed by atoms with Crippen LogP contribution in [0.2, 0.25) is 0 Å². The summed E-state index contributed by atoms with van der Waals surface area (Å²) in [5.41, 5.74) is 0. The van der Waals surface area contributed by atoms with Crippen LogP contribution in [0, 0.1) is 0 Å². The Bertz CT molecular complexity index is 248. The van der Waals surface area contributed by atoms with Crippen LogP contribution in [0.15, 0.2) is 30.3 Å². The van der Waals surface area contributed by atoms with Crippen molar-refractivity contribution in [1.29, 1.82) is 0 Å². The molecule has 0 aliphatic rings. The van der Waals surface area contributed by atoms with Crippen molar-refractivity contribution in [1.82, 2.24) is 0 Å². The van der Waals surface area contributed by atoms with Gasteiger partial charge in [-0.15, -0.1) is 0 Å². The summed E-state index contributed by atoms with van der Waals surface area (Å²) in [4.78, 5) is 0. The predicted octanol–water partition coefficient (Wildman–Crippen LogP) is 4.72. The van der Waals surface area contributed by atoms with E-state index in [2.05, 4.69) is 16.0 Å². The minimum atomic E-state index is -4.98. The van der Waals surface area contributed by atoms with Crippen molar-refractivity contribution in [3.8, 4) is 0 Å². The molecule has 1 rings (SSSR count). The van der Waals surface area contributed by atoms with Gasteiger partial charge in [-0.25, -0.2) is 12.1 Å². The molecule has 0 aliphatic carbocycles. The van der Waals surface area contributed by atoms with Crippen LogP contribution in [0.4, 0.5) is 26.3 Å². The summed E-state index contributed by atoms with van der Waals surface area (Å²) >= 11 is -4.06. The molecule has 0 spiro atoms. The summed E-state index contributed by atoms with van der Waals surface area (Å²) in [7, 11) is 10.5. The molecule has 0 saturated heterocycles. The zero-order valence-electron chi connectivity index (χ0n) is 14.6. The van der Waals surface area contributed by atoms with E-state index >= 15 is 0 Å². The maximum Gasteiger partial charge on any atom is 4.00 e. The van der Waals surface area contributed by atoms with E-state index in [1.807, 2.05) is 30.3 Å². The van der Waals surface area contributed by atoms with Crippen molar-refractivity contribution in [2.24, 2.45) is 0 Å². The van der Waals surface area contributed by atoms with Gasteiger partial charge in [-0.05, 0) is 0 Å². The van der Waals surface area contributed by atoms with E-state index in [0.717, 1.165) is 0 Å². The number of halogens is 6. The third-order valence-electron chi connectivity index (χ3n) is 0.883. The molecule has 0 heterocycles. The summed E-state index contributed by atoms with van der Waals surface area (Å²) < 4.78 is 65.4. The van der Waals surface area contributed by atoms with Gasteiger partial charge in [0.2, 0.25) is 0 Å². The third-order valence-corrected chi connectivity index (χ3v) is 2.26. The molecule has 0 unspecified atom stereocenters. The van der Waals surface area contributed by atoms with Gasteiger partial charge < -0.3 is 16.0 Å². The van der Waals surface area contributed by atoms with Crippen molar-refractivity contribution < 1.29 is 52.2 Å². The Balaban J connectivity index is -0.0000000685. The fourth-order valence-corrected chi connectivity index (χ4v) is 1.29. The summed E-state index contributed by atoms with van der Waals surface area (Å²) in [5, 5.41) is 0.531. The fraction of sp³-hybridized carbons (Fsp3) is 0.615. The molecule has 0 bridgehead atoms. The molecule has 141 valence electrons. The molecule has 24 heavy (non-hydrogen) atoms. The number of hydrogen-bond acceptors (Lipinski definition) is 0.